The van der Waals surface area contributed by atoms with Gasteiger partial charge >= 0.3 is 0 Å². The number of hydrogen-bond donors (Lipinski definition) is 0. The minimum Gasteiger partial charge on any atom is -0.355 e. The first-order chi connectivity index (χ1) is 14.6. The second-order valence-corrected chi connectivity index (χ2v) is 8.03. The normalized spacial score (nSPS) is 14.5. The van der Waals surface area contributed by atoms with Crippen molar-refractivity contribution in [2.24, 2.45) is 5.92 Å². The zero-order valence-electron chi connectivity index (χ0n) is 17.7. The van der Waals surface area contributed by atoms with Gasteiger partial charge in [0.25, 0.3) is 0 Å². The molecule has 30 heavy (non-hydrogen) atoms. The second kappa shape index (κ2) is 9.08. The highest BCUT2D eigenvalue weighted by Crippen LogP contribution is 2.25. The minimum atomic E-state index is 0.0779. The van der Waals surface area contributed by atoms with Crippen LogP contribution in [0.3, 0.4) is 0 Å². The van der Waals surface area contributed by atoms with E-state index in [2.05, 4.69) is 46.3 Å². The van der Waals surface area contributed by atoms with Gasteiger partial charge in [0.2, 0.25) is 5.91 Å². The average Bonchev–Trinajstić information content (AvgIpc) is 2.80. The van der Waals surface area contributed by atoms with E-state index in [9.17, 15) is 4.79 Å². The summed E-state index contributed by atoms with van der Waals surface area (Å²) < 4.78 is 0. The first-order valence-corrected chi connectivity index (χ1v) is 10.6. The maximum Gasteiger partial charge on any atom is 0.225 e. The maximum absolute atomic E-state index is 12.9. The van der Waals surface area contributed by atoms with Crippen molar-refractivity contribution in [2.75, 3.05) is 25.0 Å². The van der Waals surface area contributed by atoms with E-state index in [-0.39, 0.29) is 11.8 Å². The lowest BCUT2D eigenvalue weighted by molar-refractivity contribution is -0.135. The molecule has 0 N–H and O–H groups in total. The molecule has 5 nitrogen and oxygen atoms in total. The topological polar surface area (TPSA) is 49.3 Å². The van der Waals surface area contributed by atoms with Crippen LogP contribution in [0.4, 0.5) is 5.82 Å². The van der Waals surface area contributed by atoms with Gasteiger partial charge < -0.3 is 9.80 Å². The summed E-state index contributed by atoms with van der Waals surface area (Å²) in [7, 11) is 1.90. The van der Waals surface area contributed by atoms with Crippen molar-refractivity contribution in [1.29, 1.82) is 0 Å². The molecule has 1 fully saturated rings. The van der Waals surface area contributed by atoms with E-state index in [0.29, 0.717) is 6.54 Å². The largest absolute Gasteiger partial charge is 0.355 e. The van der Waals surface area contributed by atoms with Crippen LogP contribution < -0.4 is 4.90 Å². The highest BCUT2D eigenvalue weighted by molar-refractivity contribution is 5.79. The van der Waals surface area contributed by atoms with Crippen molar-refractivity contribution < 1.29 is 4.79 Å². The first kappa shape index (κ1) is 20.1. The van der Waals surface area contributed by atoms with Gasteiger partial charge in [-0.15, -0.1) is 10.2 Å². The molecule has 3 aromatic rings. The number of hydrogen-bond acceptors (Lipinski definition) is 4. The molecule has 0 spiro atoms. The highest BCUT2D eigenvalue weighted by atomic mass is 16.2. The van der Waals surface area contributed by atoms with E-state index in [1.807, 2.05) is 54.4 Å². The van der Waals surface area contributed by atoms with Crippen LogP contribution in [0.1, 0.15) is 24.0 Å². The van der Waals surface area contributed by atoms with Crippen LogP contribution >= 0.6 is 0 Å². The molecule has 0 aliphatic carbocycles. The molecule has 1 saturated heterocycles. The van der Waals surface area contributed by atoms with Crippen LogP contribution in [0.25, 0.3) is 11.3 Å². The monoisotopic (exact) mass is 400 g/mol. The molecule has 2 aromatic carbocycles. The van der Waals surface area contributed by atoms with Gasteiger partial charge in [-0.1, -0.05) is 54.6 Å². The quantitative estimate of drug-likeness (QED) is 0.640. The average molecular weight is 401 g/mol. The van der Waals surface area contributed by atoms with E-state index in [1.165, 1.54) is 5.56 Å². The molecule has 1 aliphatic heterocycles. The van der Waals surface area contributed by atoms with Gasteiger partial charge in [0.15, 0.2) is 5.82 Å². The van der Waals surface area contributed by atoms with E-state index in [1.54, 1.807) is 0 Å². The molecule has 0 radical (unpaired) electrons. The van der Waals surface area contributed by atoms with Crippen molar-refractivity contribution in [2.45, 2.75) is 26.3 Å². The predicted molar refractivity (Wildman–Crippen MR) is 120 cm³/mol. The third-order valence-electron chi connectivity index (χ3n) is 5.88. The lowest BCUT2D eigenvalue weighted by Crippen LogP contribution is -2.41. The molecule has 2 heterocycles. The van der Waals surface area contributed by atoms with Gasteiger partial charge in [0.05, 0.1) is 5.69 Å². The third-order valence-corrected chi connectivity index (χ3v) is 5.88. The number of piperidine rings is 1. The van der Waals surface area contributed by atoms with Crippen LogP contribution in [0.15, 0.2) is 66.7 Å². The van der Waals surface area contributed by atoms with E-state index in [4.69, 9.17) is 0 Å². The lowest BCUT2D eigenvalue weighted by atomic mass is 9.95. The van der Waals surface area contributed by atoms with Gasteiger partial charge in [0.1, 0.15) is 0 Å². The number of carbonyl (C=O) groups is 1. The van der Waals surface area contributed by atoms with Crippen LogP contribution in [0, 0.1) is 12.8 Å². The Morgan fingerprint density at radius 3 is 2.33 bits per heavy atom. The molecule has 1 aliphatic rings. The Kier molecular flexibility index (Phi) is 6.07. The molecule has 0 bridgehead atoms. The fourth-order valence-electron chi connectivity index (χ4n) is 4.10. The Balaban J connectivity index is 1.34. The Morgan fingerprint density at radius 2 is 1.67 bits per heavy atom. The maximum atomic E-state index is 12.9. The van der Waals surface area contributed by atoms with Crippen molar-refractivity contribution in [1.82, 2.24) is 15.1 Å². The number of benzene rings is 2. The Morgan fingerprint density at radius 1 is 0.967 bits per heavy atom. The van der Waals surface area contributed by atoms with Crippen molar-refractivity contribution in [3.8, 4) is 11.3 Å². The summed E-state index contributed by atoms with van der Waals surface area (Å²) in [6.07, 6.45) is 1.69. The standard InChI is InChI=1S/C25H28N4O/c1-19-8-6-7-11-22(19)23-12-13-24(27-26-23)29-16-14-21(15-17-29)25(30)28(2)18-20-9-4-3-5-10-20/h3-13,21H,14-18H2,1-2H3. The van der Waals surface area contributed by atoms with Gasteiger partial charge in [-0.05, 0) is 43.0 Å². The van der Waals surface area contributed by atoms with Crippen LogP contribution in [0.2, 0.25) is 0 Å². The van der Waals surface area contributed by atoms with E-state index >= 15 is 0 Å². The van der Waals surface area contributed by atoms with Gasteiger partial charge in [-0.2, -0.15) is 0 Å². The van der Waals surface area contributed by atoms with Crippen LogP contribution in [-0.4, -0.2) is 41.1 Å². The summed E-state index contributed by atoms with van der Waals surface area (Å²) >= 11 is 0. The molecule has 154 valence electrons. The molecule has 4 rings (SSSR count). The smallest absolute Gasteiger partial charge is 0.225 e. The zero-order chi connectivity index (χ0) is 20.9. The summed E-state index contributed by atoms with van der Waals surface area (Å²) in [6.45, 7) is 4.40. The number of anilines is 1. The summed E-state index contributed by atoms with van der Waals surface area (Å²) in [6, 6.07) is 22.4. The fraction of sp³-hybridized carbons (Fsp3) is 0.320. The molecule has 1 amide bonds. The van der Waals surface area contributed by atoms with Crippen LogP contribution in [0.5, 0.6) is 0 Å². The number of amides is 1. The molecule has 0 atom stereocenters. The molecule has 0 saturated carbocycles. The van der Waals surface area contributed by atoms with Gasteiger partial charge in [0, 0.05) is 38.2 Å². The molecular weight excluding hydrogens is 372 g/mol. The predicted octanol–water partition coefficient (Wildman–Crippen LogP) is 4.33. The molecule has 5 heteroatoms. The molecular formula is C25H28N4O. The second-order valence-electron chi connectivity index (χ2n) is 8.03. The number of carbonyl (C=O) groups excluding carboxylic acids is 1. The summed E-state index contributed by atoms with van der Waals surface area (Å²) in [5.74, 6) is 1.20. The Bertz CT molecular complexity index is 980. The number of aryl methyl sites for hydroxylation is 1. The third kappa shape index (κ3) is 4.51. The number of rotatable bonds is 5. The van der Waals surface area contributed by atoms with Crippen molar-refractivity contribution >= 4 is 11.7 Å². The molecule has 0 unspecified atom stereocenters. The van der Waals surface area contributed by atoms with Crippen molar-refractivity contribution in [3.63, 3.8) is 0 Å². The van der Waals surface area contributed by atoms with Gasteiger partial charge in [-0.25, -0.2) is 0 Å². The Labute approximate surface area is 178 Å². The first-order valence-electron chi connectivity index (χ1n) is 10.6. The summed E-state index contributed by atoms with van der Waals surface area (Å²) in [4.78, 5) is 16.9. The summed E-state index contributed by atoms with van der Waals surface area (Å²) in [5.41, 5.74) is 4.36. The SMILES string of the molecule is Cc1ccccc1-c1ccc(N2CCC(C(=O)N(C)Cc3ccccc3)CC2)nn1. The van der Waals surface area contributed by atoms with Crippen LogP contribution in [-0.2, 0) is 11.3 Å². The Hall–Kier alpha value is -3.21. The summed E-state index contributed by atoms with van der Waals surface area (Å²) in [5, 5.41) is 8.91. The zero-order valence-corrected chi connectivity index (χ0v) is 17.7. The minimum absolute atomic E-state index is 0.0779. The number of nitrogens with zero attached hydrogens (tertiary/aromatic N) is 4. The molecule has 1 aromatic heterocycles. The fourth-order valence-corrected chi connectivity index (χ4v) is 4.10. The van der Waals surface area contributed by atoms with Crippen molar-refractivity contribution in [3.05, 3.63) is 77.9 Å². The highest BCUT2D eigenvalue weighted by Gasteiger charge is 2.28. The lowest BCUT2D eigenvalue weighted by Gasteiger charge is -2.33. The van der Waals surface area contributed by atoms with E-state index in [0.717, 1.165) is 48.6 Å². The number of aromatic nitrogens is 2. The van der Waals surface area contributed by atoms with Gasteiger partial charge in [-0.3, -0.25) is 4.79 Å². The van der Waals surface area contributed by atoms with E-state index < -0.39 is 0 Å².